The van der Waals surface area contributed by atoms with Crippen molar-refractivity contribution in [3.63, 3.8) is 0 Å². The van der Waals surface area contributed by atoms with Crippen molar-refractivity contribution in [2.45, 2.75) is 5.75 Å². The van der Waals surface area contributed by atoms with Crippen molar-refractivity contribution in [1.82, 2.24) is 14.3 Å². The molecule has 1 aliphatic heterocycles. The van der Waals surface area contributed by atoms with Crippen molar-refractivity contribution in [3.05, 3.63) is 68.1 Å². The van der Waals surface area contributed by atoms with Gasteiger partial charge in [0, 0.05) is 55.6 Å². The van der Waals surface area contributed by atoms with Crippen LogP contribution in [-0.2, 0) is 10.5 Å². The highest BCUT2D eigenvalue weighted by atomic mass is 32.2. The van der Waals surface area contributed by atoms with Crippen molar-refractivity contribution < 1.29 is 9.72 Å². The van der Waals surface area contributed by atoms with Gasteiger partial charge in [0.2, 0.25) is 5.91 Å². The van der Waals surface area contributed by atoms with Gasteiger partial charge >= 0.3 is 0 Å². The van der Waals surface area contributed by atoms with E-state index in [-0.39, 0.29) is 22.1 Å². The molecule has 1 amide bonds. The molecule has 0 spiro atoms. The standard InChI is InChI=1S/C19H19N5O4S2/c25-17-11-14(20-19-23(17)9-10-30-19)12-29-13-18(26)22-7-5-21(6-8-22)15-3-1-2-4-16(15)24(27)28/h1-4,9-11H,5-8,12-13H2. The van der Waals surface area contributed by atoms with E-state index in [4.69, 9.17) is 0 Å². The summed E-state index contributed by atoms with van der Waals surface area (Å²) in [4.78, 5) is 44.2. The number of rotatable bonds is 6. The van der Waals surface area contributed by atoms with Crippen molar-refractivity contribution in [2.24, 2.45) is 0 Å². The van der Waals surface area contributed by atoms with E-state index in [0.717, 1.165) is 0 Å². The number of thiazole rings is 1. The van der Waals surface area contributed by atoms with Gasteiger partial charge < -0.3 is 9.80 Å². The van der Waals surface area contributed by atoms with Gasteiger partial charge in [0.25, 0.3) is 11.2 Å². The molecule has 0 aliphatic carbocycles. The smallest absolute Gasteiger partial charge is 0.292 e. The molecule has 0 radical (unpaired) electrons. The number of carbonyl (C=O) groups excluding carboxylic acids is 1. The van der Waals surface area contributed by atoms with Gasteiger partial charge in [-0.3, -0.25) is 24.1 Å². The van der Waals surface area contributed by atoms with Crippen LogP contribution in [0.5, 0.6) is 0 Å². The molecule has 3 aromatic rings. The number of benzene rings is 1. The second-order valence-corrected chi connectivity index (χ2v) is 8.61. The predicted molar refractivity (Wildman–Crippen MR) is 117 cm³/mol. The Balaban J connectivity index is 1.29. The molecule has 1 aliphatic rings. The molecule has 1 aromatic carbocycles. The number of thioether (sulfide) groups is 1. The fourth-order valence-electron chi connectivity index (χ4n) is 3.38. The van der Waals surface area contributed by atoms with Gasteiger partial charge in [0.05, 0.1) is 16.4 Å². The Morgan fingerprint density at radius 3 is 2.77 bits per heavy atom. The average Bonchev–Trinajstić information content (AvgIpc) is 3.23. The summed E-state index contributed by atoms with van der Waals surface area (Å²) < 4.78 is 1.50. The average molecular weight is 446 g/mol. The summed E-state index contributed by atoms with van der Waals surface area (Å²) in [7, 11) is 0. The largest absolute Gasteiger partial charge is 0.362 e. The second-order valence-electron chi connectivity index (χ2n) is 6.75. The molecular weight excluding hydrogens is 426 g/mol. The van der Waals surface area contributed by atoms with Gasteiger partial charge in [0.15, 0.2) is 4.96 Å². The summed E-state index contributed by atoms with van der Waals surface area (Å²) in [6.07, 6.45) is 1.69. The second kappa shape index (κ2) is 8.84. The third kappa shape index (κ3) is 4.31. The highest BCUT2D eigenvalue weighted by molar-refractivity contribution is 7.99. The Labute approximate surface area is 180 Å². The number of para-hydroxylation sites is 2. The Morgan fingerprint density at radius 2 is 2.00 bits per heavy atom. The molecule has 0 saturated carbocycles. The zero-order valence-electron chi connectivity index (χ0n) is 16.0. The van der Waals surface area contributed by atoms with Crippen LogP contribution in [0.25, 0.3) is 4.96 Å². The van der Waals surface area contributed by atoms with E-state index >= 15 is 0 Å². The molecule has 4 rings (SSSR count). The van der Waals surface area contributed by atoms with Crippen LogP contribution in [-0.4, -0.2) is 57.0 Å². The zero-order valence-corrected chi connectivity index (χ0v) is 17.6. The van der Waals surface area contributed by atoms with Crippen molar-refractivity contribution in [2.75, 3.05) is 36.8 Å². The minimum atomic E-state index is -0.378. The number of piperazine rings is 1. The first-order valence-electron chi connectivity index (χ1n) is 9.32. The van der Waals surface area contributed by atoms with Crippen molar-refractivity contribution in [3.8, 4) is 0 Å². The predicted octanol–water partition coefficient (Wildman–Crippen LogP) is 2.25. The lowest BCUT2D eigenvalue weighted by Gasteiger charge is -2.35. The van der Waals surface area contributed by atoms with Gasteiger partial charge in [-0.1, -0.05) is 12.1 Å². The zero-order chi connectivity index (χ0) is 21.1. The molecule has 0 bridgehead atoms. The van der Waals surface area contributed by atoms with Crippen LogP contribution < -0.4 is 10.5 Å². The number of anilines is 1. The van der Waals surface area contributed by atoms with E-state index in [1.165, 1.54) is 39.6 Å². The van der Waals surface area contributed by atoms with E-state index in [2.05, 4.69) is 4.98 Å². The minimum absolute atomic E-state index is 0.0242. The Kier molecular flexibility index (Phi) is 6.00. The van der Waals surface area contributed by atoms with Gasteiger partial charge in [-0.05, 0) is 6.07 Å². The Hall–Kier alpha value is -2.92. The molecular formula is C19H19N5O4S2. The lowest BCUT2D eigenvalue weighted by molar-refractivity contribution is -0.384. The SMILES string of the molecule is O=C(CSCc1cc(=O)n2ccsc2n1)N1CCN(c2ccccc2[N+](=O)[O-])CC1. The van der Waals surface area contributed by atoms with E-state index in [1.807, 2.05) is 10.3 Å². The van der Waals surface area contributed by atoms with Gasteiger partial charge in [-0.25, -0.2) is 4.98 Å². The van der Waals surface area contributed by atoms with Gasteiger partial charge in [0.1, 0.15) is 5.69 Å². The Morgan fingerprint density at radius 1 is 1.23 bits per heavy atom. The maximum Gasteiger partial charge on any atom is 0.292 e. The molecule has 9 nitrogen and oxygen atoms in total. The topological polar surface area (TPSA) is 101 Å². The maximum atomic E-state index is 12.5. The number of nitro groups is 1. The highest BCUT2D eigenvalue weighted by Gasteiger charge is 2.25. The quantitative estimate of drug-likeness (QED) is 0.424. The summed E-state index contributed by atoms with van der Waals surface area (Å²) >= 11 is 2.83. The monoisotopic (exact) mass is 445 g/mol. The Bertz CT molecular complexity index is 1140. The van der Waals surface area contributed by atoms with Gasteiger partial charge in [-0.2, -0.15) is 0 Å². The number of amides is 1. The lowest BCUT2D eigenvalue weighted by atomic mass is 10.2. The van der Waals surface area contributed by atoms with E-state index in [0.29, 0.717) is 54.0 Å². The van der Waals surface area contributed by atoms with E-state index in [9.17, 15) is 19.7 Å². The molecule has 1 saturated heterocycles. The van der Waals surface area contributed by atoms with E-state index < -0.39 is 0 Å². The van der Waals surface area contributed by atoms with Crippen LogP contribution in [0, 0.1) is 10.1 Å². The first-order chi connectivity index (χ1) is 14.5. The van der Waals surface area contributed by atoms with Gasteiger partial charge in [-0.15, -0.1) is 23.1 Å². The molecule has 156 valence electrons. The normalized spacial score (nSPS) is 14.3. The molecule has 0 N–H and O–H groups in total. The summed E-state index contributed by atoms with van der Waals surface area (Å²) in [5.41, 5.74) is 1.22. The summed E-state index contributed by atoms with van der Waals surface area (Å²) in [6, 6.07) is 8.17. The molecule has 1 fully saturated rings. The third-order valence-electron chi connectivity index (χ3n) is 4.88. The van der Waals surface area contributed by atoms with Crippen molar-refractivity contribution in [1.29, 1.82) is 0 Å². The lowest BCUT2D eigenvalue weighted by Crippen LogP contribution is -2.49. The number of fused-ring (bicyclic) bond motifs is 1. The van der Waals surface area contributed by atoms with Crippen LogP contribution in [0.1, 0.15) is 5.69 Å². The van der Waals surface area contributed by atoms with Crippen LogP contribution in [0.3, 0.4) is 0 Å². The number of hydrogen-bond donors (Lipinski definition) is 0. The van der Waals surface area contributed by atoms with Crippen LogP contribution in [0.2, 0.25) is 0 Å². The van der Waals surface area contributed by atoms with Crippen molar-refractivity contribution >= 4 is 45.3 Å². The number of aromatic nitrogens is 2. The van der Waals surface area contributed by atoms with Crippen LogP contribution in [0.15, 0.2) is 46.7 Å². The molecule has 0 atom stereocenters. The molecule has 3 heterocycles. The maximum absolute atomic E-state index is 12.5. The van der Waals surface area contributed by atoms with E-state index in [1.54, 1.807) is 29.3 Å². The fraction of sp³-hybridized carbons (Fsp3) is 0.316. The number of nitrogens with zero attached hydrogens (tertiary/aromatic N) is 5. The third-order valence-corrected chi connectivity index (χ3v) is 6.59. The first kappa shape index (κ1) is 20.4. The fourth-order valence-corrected chi connectivity index (χ4v) is 4.93. The highest BCUT2D eigenvalue weighted by Crippen LogP contribution is 2.28. The van der Waals surface area contributed by atoms with Crippen LogP contribution >= 0.6 is 23.1 Å². The van der Waals surface area contributed by atoms with Crippen LogP contribution in [0.4, 0.5) is 11.4 Å². The molecule has 30 heavy (non-hydrogen) atoms. The first-order valence-corrected chi connectivity index (χ1v) is 11.4. The number of hydrogen-bond acceptors (Lipinski definition) is 8. The number of nitro benzene ring substituents is 1. The molecule has 11 heteroatoms. The number of carbonyl (C=O) groups is 1. The summed E-state index contributed by atoms with van der Waals surface area (Å²) in [5.74, 6) is 0.818. The summed E-state index contributed by atoms with van der Waals surface area (Å²) in [5, 5.41) is 13.0. The molecule has 0 unspecified atom stereocenters. The summed E-state index contributed by atoms with van der Waals surface area (Å²) in [6.45, 7) is 2.14. The molecule has 2 aromatic heterocycles. The minimum Gasteiger partial charge on any atom is -0.362 e.